The predicted octanol–water partition coefficient (Wildman–Crippen LogP) is 2.40. The molecule has 150 valence electrons. The Kier molecular flexibility index (Phi) is 3.59. The van der Waals surface area contributed by atoms with E-state index in [1.54, 1.807) is 38.1 Å². The summed E-state index contributed by atoms with van der Waals surface area (Å²) >= 11 is 0. The van der Waals surface area contributed by atoms with Crippen LogP contribution in [0.3, 0.4) is 0 Å². The number of phenolic OH excluding ortho intramolecular Hbond substituents is 1. The van der Waals surface area contributed by atoms with Gasteiger partial charge < -0.3 is 24.1 Å². The molecule has 8 nitrogen and oxygen atoms in total. The summed E-state index contributed by atoms with van der Waals surface area (Å²) in [5, 5.41) is 11.9. The Bertz CT molecular complexity index is 1090. The molecule has 2 saturated heterocycles. The fourth-order valence-corrected chi connectivity index (χ4v) is 4.15. The SMILES string of the molecule is CC1(C)COC(=O)[C@@H]1OC(=O)c1c2c(c3ccccc3c1O)O[C@H]1CC(=O)O[C@@H]21. The molecule has 0 aromatic heterocycles. The average molecular weight is 398 g/mol. The van der Waals surface area contributed by atoms with Crippen LogP contribution >= 0.6 is 0 Å². The summed E-state index contributed by atoms with van der Waals surface area (Å²) in [6.45, 7) is 3.62. The first-order valence-corrected chi connectivity index (χ1v) is 9.29. The van der Waals surface area contributed by atoms with Gasteiger partial charge in [0.15, 0.2) is 12.2 Å². The van der Waals surface area contributed by atoms with E-state index in [9.17, 15) is 19.5 Å². The average Bonchev–Trinajstić information content (AvgIpc) is 3.28. The van der Waals surface area contributed by atoms with Gasteiger partial charge in [0.2, 0.25) is 6.10 Å². The number of carbonyl (C=O) groups is 3. The van der Waals surface area contributed by atoms with Crippen molar-refractivity contribution in [3.63, 3.8) is 0 Å². The molecule has 29 heavy (non-hydrogen) atoms. The van der Waals surface area contributed by atoms with Gasteiger partial charge in [-0.3, -0.25) is 4.79 Å². The van der Waals surface area contributed by atoms with Crippen LogP contribution in [0.25, 0.3) is 10.8 Å². The van der Waals surface area contributed by atoms with Gasteiger partial charge in [0.05, 0.1) is 12.0 Å². The molecule has 2 aromatic rings. The van der Waals surface area contributed by atoms with Crippen LogP contribution in [-0.4, -0.2) is 41.8 Å². The fraction of sp³-hybridized carbons (Fsp3) is 0.381. The van der Waals surface area contributed by atoms with E-state index in [1.165, 1.54) is 0 Å². The monoisotopic (exact) mass is 398 g/mol. The van der Waals surface area contributed by atoms with Crippen molar-refractivity contribution in [2.45, 2.75) is 38.6 Å². The summed E-state index contributed by atoms with van der Waals surface area (Å²) < 4.78 is 21.8. The van der Waals surface area contributed by atoms with Crippen LogP contribution in [0.5, 0.6) is 11.5 Å². The summed E-state index contributed by atoms with van der Waals surface area (Å²) in [4.78, 5) is 37.0. The lowest BCUT2D eigenvalue weighted by Gasteiger charge is -2.23. The van der Waals surface area contributed by atoms with Crippen LogP contribution in [0.2, 0.25) is 0 Å². The van der Waals surface area contributed by atoms with Crippen LogP contribution in [0, 0.1) is 5.41 Å². The zero-order valence-corrected chi connectivity index (χ0v) is 15.8. The van der Waals surface area contributed by atoms with E-state index in [2.05, 4.69) is 0 Å². The van der Waals surface area contributed by atoms with E-state index < -0.39 is 41.6 Å². The largest absolute Gasteiger partial charge is 0.506 e. The van der Waals surface area contributed by atoms with E-state index >= 15 is 0 Å². The molecule has 0 aliphatic carbocycles. The summed E-state index contributed by atoms with van der Waals surface area (Å²) in [5.41, 5.74) is -0.594. The van der Waals surface area contributed by atoms with Gasteiger partial charge in [-0.15, -0.1) is 0 Å². The van der Waals surface area contributed by atoms with Crippen molar-refractivity contribution < 1.29 is 38.4 Å². The first kappa shape index (κ1) is 17.8. The molecule has 3 aliphatic heterocycles. The Morgan fingerprint density at radius 2 is 1.90 bits per heavy atom. The second-order valence-corrected chi connectivity index (χ2v) is 8.16. The molecule has 1 N–H and O–H groups in total. The number of esters is 3. The number of hydrogen-bond donors (Lipinski definition) is 1. The van der Waals surface area contributed by atoms with E-state index in [4.69, 9.17) is 18.9 Å². The van der Waals surface area contributed by atoms with Crippen molar-refractivity contribution in [3.05, 3.63) is 35.4 Å². The minimum atomic E-state index is -1.11. The molecule has 3 atom stereocenters. The molecule has 0 unspecified atom stereocenters. The zero-order chi connectivity index (χ0) is 20.5. The molecule has 3 heterocycles. The lowest BCUT2D eigenvalue weighted by molar-refractivity contribution is -0.145. The Morgan fingerprint density at radius 1 is 1.17 bits per heavy atom. The Labute approximate surface area is 165 Å². The summed E-state index contributed by atoms with van der Waals surface area (Å²) in [6, 6.07) is 6.90. The Morgan fingerprint density at radius 3 is 2.59 bits per heavy atom. The number of benzene rings is 2. The summed E-state index contributed by atoms with van der Waals surface area (Å²) in [6.07, 6.45) is -2.47. The van der Waals surface area contributed by atoms with Crippen LogP contribution in [0.1, 0.15) is 42.3 Å². The third-order valence-electron chi connectivity index (χ3n) is 5.63. The first-order chi connectivity index (χ1) is 13.8. The highest BCUT2D eigenvalue weighted by atomic mass is 16.6. The molecule has 3 aliphatic rings. The van der Waals surface area contributed by atoms with Gasteiger partial charge in [-0.1, -0.05) is 38.1 Å². The van der Waals surface area contributed by atoms with Crippen LogP contribution < -0.4 is 4.74 Å². The maximum atomic E-state index is 13.1. The zero-order valence-electron chi connectivity index (χ0n) is 15.8. The molecule has 0 amide bonds. The number of aromatic hydroxyl groups is 1. The number of ether oxygens (including phenoxy) is 4. The van der Waals surface area contributed by atoms with Gasteiger partial charge in [-0.25, -0.2) is 9.59 Å². The smallest absolute Gasteiger partial charge is 0.348 e. The van der Waals surface area contributed by atoms with Crippen molar-refractivity contribution >= 4 is 28.7 Å². The number of carbonyl (C=O) groups excluding carboxylic acids is 3. The van der Waals surface area contributed by atoms with Crippen LogP contribution in [0.15, 0.2) is 24.3 Å². The fourth-order valence-electron chi connectivity index (χ4n) is 4.15. The maximum Gasteiger partial charge on any atom is 0.348 e. The molecular weight excluding hydrogens is 380 g/mol. The van der Waals surface area contributed by atoms with Gasteiger partial charge in [-0.05, 0) is 0 Å². The highest BCUT2D eigenvalue weighted by Gasteiger charge is 2.51. The minimum Gasteiger partial charge on any atom is -0.506 e. The lowest BCUT2D eigenvalue weighted by Crippen LogP contribution is -2.35. The van der Waals surface area contributed by atoms with Crippen LogP contribution in [-0.2, 0) is 23.8 Å². The van der Waals surface area contributed by atoms with Crippen molar-refractivity contribution in [2.24, 2.45) is 5.41 Å². The number of phenols is 1. The third kappa shape index (κ3) is 2.48. The summed E-state index contributed by atoms with van der Waals surface area (Å²) in [7, 11) is 0. The minimum absolute atomic E-state index is 0.0465. The molecule has 2 aromatic carbocycles. The Balaban J connectivity index is 1.66. The van der Waals surface area contributed by atoms with Crippen molar-refractivity contribution in [2.75, 3.05) is 6.61 Å². The topological polar surface area (TPSA) is 108 Å². The van der Waals surface area contributed by atoms with Crippen molar-refractivity contribution in [3.8, 4) is 11.5 Å². The van der Waals surface area contributed by atoms with Crippen molar-refractivity contribution in [1.29, 1.82) is 0 Å². The normalized spacial score (nSPS) is 26.5. The molecule has 0 bridgehead atoms. The van der Waals surface area contributed by atoms with Gasteiger partial charge in [0, 0.05) is 16.2 Å². The number of rotatable bonds is 2. The summed E-state index contributed by atoms with van der Waals surface area (Å²) in [5.74, 6) is -1.91. The van der Waals surface area contributed by atoms with E-state index in [1.807, 2.05) is 0 Å². The molecule has 0 spiro atoms. The highest BCUT2D eigenvalue weighted by Crippen LogP contribution is 2.52. The standard InChI is InChI=1S/C21H18O8/c1-21(2)8-26-20(25)18(21)29-19(24)13-14-16(27-11-7-12(22)28-17(11)14)10-6-4-3-5-9(10)15(13)23/h3-6,11,17-18,23H,7-8H2,1-2H3/t11-,17+,18-/m0/s1. The molecule has 5 rings (SSSR count). The van der Waals surface area contributed by atoms with E-state index in [0.29, 0.717) is 16.5 Å². The maximum absolute atomic E-state index is 13.1. The number of hydrogen-bond acceptors (Lipinski definition) is 8. The van der Waals surface area contributed by atoms with Crippen LogP contribution in [0.4, 0.5) is 0 Å². The molecule has 0 saturated carbocycles. The molecular formula is C21H18O8. The van der Waals surface area contributed by atoms with E-state index in [0.717, 1.165) is 0 Å². The van der Waals surface area contributed by atoms with Gasteiger partial charge in [-0.2, -0.15) is 0 Å². The van der Waals surface area contributed by atoms with Gasteiger partial charge in [0.1, 0.15) is 23.7 Å². The van der Waals surface area contributed by atoms with E-state index in [-0.39, 0.29) is 29.9 Å². The third-order valence-corrected chi connectivity index (χ3v) is 5.63. The number of cyclic esters (lactones) is 1. The molecule has 0 radical (unpaired) electrons. The lowest BCUT2D eigenvalue weighted by atomic mass is 9.89. The predicted molar refractivity (Wildman–Crippen MR) is 97.4 cm³/mol. The second kappa shape index (κ2) is 5.85. The number of fused-ring (bicyclic) bond motifs is 5. The Hall–Kier alpha value is -3.29. The van der Waals surface area contributed by atoms with Gasteiger partial charge >= 0.3 is 17.9 Å². The van der Waals surface area contributed by atoms with Crippen molar-refractivity contribution in [1.82, 2.24) is 0 Å². The van der Waals surface area contributed by atoms with Gasteiger partial charge in [0.25, 0.3) is 0 Å². The highest BCUT2D eigenvalue weighted by molar-refractivity contribution is 6.07. The second-order valence-electron chi connectivity index (χ2n) is 8.16. The molecule has 2 fully saturated rings. The first-order valence-electron chi connectivity index (χ1n) is 9.29. The molecule has 8 heteroatoms. The quantitative estimate of drug-likeness (QED) is 0.607.